The minimum absolute atomic E-state index is 0.329. The fourth-order valence-electron chi connectivity index (χ4n) is 2.39. The van der Waals surface area contributed by atoms with E-state index in [-0.39, 0.29) is 0 Å². The van der Waals surface area contributed by atoms with Gasteiger partial charge in [-0.2, -0.15) is 0 Å². The molecule has 0 amide bonds. The molecule has 1 N–H and O–H groups in total. The molecule has 17 heavy (non-hydrogen) atoms. The van der Waals surface area contributed by atoms with Crippen molar-refractivity contribution < 1.29 is 0 Å². The maximum Gasteiger partial charge on any atom is 0.0691 e. The van der Waals surface area contributed by atoms with Crippen molar-refractivity contribution in [2.45, 2.75) is 25.8 Å². The number of nitrogens with zero attached hydrogens (tertiary/aromatic N) is 2. The molecule has 2 heterocycles. The Hall–Kier alpha value is -1.90. The maximum absolute atomic E-state index is 4.48. The first kappa shape index (κ1) is 10.3. The molecule has 2 aromatic rings. The maximum atomic E-state index is 4.48. The molecule has 86 valence electrons. The Labute approximate surface area is 101 Å². The largest absolute Gasteiger partial charge is 0.375 e. The van der Waals surface area contributed by atoms with E-state index in [1.807, 2.05) is 24.7 Å². The number of hydrogen-bond donors (Lipinski definition) is 1. The Kier molecular flexibility index (Phi) is 2.52. The second kappa shape index (κ2) is 4.17. The van der Waals surface area contributed by atoms with Crippen LogP contribution in [0.4, 0.5) is 5.69 Å². The van der Waals surface area contributed by atoms with Crippen LogP contribution < -0.4 is 5.32 Å². The summed E-state index contributed by atoms with van der Waals surface area (Å²) < 4.78 is 0. The fraction of sp³-hybridized carbons (Fsp3) is 0.286. The van der Waals surface area contributed by atoms with E-state index in [4.69, 9.17) is 0 Å². The minimum atomic E-state index is 0.329. The Bertz CT molecular complexity index is 536. The van der Waals surface area contributed by atoms with Crippen molar-refractivity contribution in [3.8, 4) is 0 Å². The molecule has 0 aliphatic heterocycles. The first-order chi connectivity index (χ1) is 8.33. The predicted molar refractivity (Wildman–Crippen MR) is 67.9 cm³/mol. The van der Waals surface area contributed by atoms with Crippen molar-refractivity contribution in [2.24, 2.45) is 0 Å². The highest BCUT2D eigenvalue weighted by molar-refractivity contribution is 5.46. The summed E-state index contributed by atoms with van der Waals surface area (Å²) in [6.07, 6.45) is 7.83. The van der Waals surface area contributed by atoms with Gasteiger partial charge in [0, 0.05) is 18.6 Å². The zero-order chi connectivity index (χ0) is 11.7. The van der Waals surface area contributed by atoms with Gasteiger partial charge in [0.15, 0.2) is 0 Å². The van der Waals surface area contributed by atoms with E-state index in [0.717, 1.165) is 18.5 Å². The third kappa shape index (κ3) is 2.00. The lowest BCUT2D eigenvalue weighted by Crippen LogP contribution is -2.08. The second-order valence-corrected chi connectivity index (χ2v) is 4.53. The molecule has 3 nitrogen and oxygen atoms in total. The highest BCUT2D eigenvalue weighted by Crippen LogP contribution is 2.31. The molecule has 0 bridgehead atoms. The number of nitrogens with one attached hydrogen (secondary N) is 1. The summed E-state index contributed by atoms with van der Waals surface area (Å²) >= 11 is 0. The van der Waals surface area contributed by atoms with Crippen LogP contribution in [0.5, 0.6) is 0 Å². The van der Waals surface area contributed by atoms with Crippen LogP contribution in [0.1, 0.15) is 29.3 Å². The van der Waals surface area contributed by atoms with Gasteiger partial charge in [-0.15, -0.1) is 0 Å². The summed E-state index contributed by atoms with van der Waals surface area (Å²) in [6.45, 7) is 2.05. The Morgan fingerprint density at radius 2 is 2.29 bits per heavy atom. The number of rotatable bonds is 2. The van der Waals surface area contributed by atoms with Gasteiger partial charge in [0.05, 0.1) is 17.4 Å². The van der Waals surface area contributed by atoms with Crippen LogP contribution in [0.3, 0.4) is 0 Å². The lowest BCUT2D eigenvalue weighted by atomic mass is 10.2. The quantitative estimate of drug-likeness (QED) is 0.854. The highest BCUT2D eigenvalue weighted by atomic mass is 15.0. The smallest absolute Gasteiger partial charge is 0.0691 e. The summed E-state index contributed by atoms with van der Waals surface area (Å²) in [7, 11) is 0. The first-order valence-corrected chi connectivity index (χ1v) is 5.95. The summed E-state index contributed by atoms with van der Waals surface area (Å²) in [5.74, 6) is 0. The summed E-state index contributed by atoms with van der Waals surface area (Å²) in [6, 6.07) is 6.62. The van der Waals surface area contributed by atoms with E-state index in [9.17, 15) is 0 Å². The van der Waals surface area contributed by atoms with Crippen molar-refractivity contribution in [3.63, 3.8) is 0 Å². The standard InChI is InChI=1S/C14H15N3/c1-10-7-12(9-15-8-10)17-13-5-4-11-3-2-6-16-14(11)13/h2-3,6-9,13,17H,4-5H2,1H3. The van der Waals surface area contributed by atoms with Gasteiger partial charge in [0.1, 0.15) is 0 Å². The monoisotopic (exact) mass is 225 g/mol. The predicted octanol–water partition coefficient (Wildman–Crippen LogP) is 2.88. The van der Waals surface area contributed by atoms with Crippen LogP contribution in [-0.2, 0) is 6.42 Å². The van der Waals surface area contributed by atoms with E-state index >= 15 is 0 Å². The molecular weight excluding hydrogens is 210 g/mol. The second-order valence-electron chi connectivity index (χ2n) is 4.53. The molecule has 0 saturated carbocycles. The van der Waals surface area contributed by atoms with Gasteiger partial charge in [-0.05, 0) is 43.0 Å². The molecule has 0 aromatic carbocycles. The number of aromatic nitrogens is 2. The van der Waals surface area contributed by atoms with Gasteiger partial charge in [0.2, 0.25) is 0 Å². The van der Waals surface area contributed by atoms with Crippen molar-refractivity contribution >= 4 is 5.69 Å². The van der Waals surface area contributed by atoms with E-state index in [2.05, 4.69) is 34.3 Å². The number of anilines is 1. The van der Waals surface area contributed by atoms with Gasteiger partial charge in [-0.3, -0.25) is 9.97 Å². The Morgan fingerprint density at radius 1 is 1.35 bits per heavy atom. The molecule has 1 unspecified atom stereocenters. The SMILES string of the molecule is Cc1cncc(NC2CCc3cccnc32)c1. The van der Waals surface area contributed by atoms with Crippen LogP contribution in [-0.4, -0.2) is 9.97 Å². The number of hydrogen-bond acceptors (Lipinski definition) is 3. The van der Waals surface area contributed by atoms with Gasteiger partial charge >= 0.3 is 0 Å². The molecule has 1 atom stereocenters. The normalized spacial score (nSPS) is 17.8. The Morgan fingerprint density at radius 3 is 3.18 bits per heavy atom. The molecule has 0 fully saturated rings. The fourth-order valence-corrected chi connectivity index (χ4v) is 2.39. The molecule has 1 aliphatic rings. The summed E-state index contributed by atoms with van der Waals surface area (Å²) in [5, 5.41) is 3.51. The van der Waals surface area contributed by atoms with Crippen LogP contribution in [0.25, 0.3) is 0 Å². The molecule has 3 rings (SSSR count). The third-order valence-corrected chi connectivity index (χ3v) is 3.17. The van der Waals surface area contributed by atoms with Gasteiger partial charge in [0.25, 0.3) is 0 Å². The van der Waals surface area contributed by atoms with Gasteiger partial charge in [-0.1, -0.05) is 6.07 Å². The van der Waals surface area contributed by atoms with Gasteiger partial charge < -0.3 is 5.32 Å². The van der Waals surface area contributed by atoms with Crippen LogP contribution in [0, 0.1) is 6.92 Å². The molecule has 1 aliphatic carbocycles. The zero-order valence-corrected chi connectivity index (χ0v) is 9.85. The molecule has 2 aromatic heterocycles. The van der Waals surface area contributed by atoms with Crippen molar-refractivity contribution in [1.29, 1.82) is 0 Å². The Balaban J connectivity index is 1.84. The number of fused-ring (bicyclic) bond motifs is 1. The molecule has 0 radical (unpaired) electrons. The van der Waals surface area contributed by atoms with E-state index in [1.54, 1.807) is 0 Å². The van der Waals surface area contributed by atoms with E-state index in [0.29, 0.717) is 6.04 Å². The summed E-state index contributed by atoms with van der Waals surface area (Å²) in [4.78, 5) is 8.68. The molecule has 3 heteroatoms. The number of aryl methyl sites for hydroxylation is 2. The average molecular weight is 225 g/mol. The average Bonchev–Trinajstić information content (AvgIpc) is 2.73. The van der Waals surface area contributed by atoms with E-state index < -0.39 is 0 Å². The molecule has 0 saturated heterocycles. The highest BCUT2D eigenvalue weighted by Gasteiger charge is 2.23. The lowest BCUT2D eigenvalue weighted by molar-refractivity contribution is 0.745. The third-order valence-electron chi connectivity index (χ3n) is 3.17. The minimum Gasteiger partial charge on any atom is -0.375 e. The van der Waals surface area contributed by atoms with Crippen LogP contribution in [0.2, 0.25) is 0 Å². The van der Waals surface area contributed by atoms with Crippen molar-refractivity contribution in [1.82, 2.24) is 9.97 Å². The van der Waals surface area contributed by atoms with Crippen LogP contribution >= 0.6 is 0 Å². The first-order valence-electron chi connectivity index (χ1n) is 5.95. The van der Waals surface area contributed by atoms with E-state index in [1.165, 1.54) is 16.8 Å². The van der Waals surface area contributed by atoms with Crippen molar-refractivity contribution in [2.75, 3.05) is 5.32 Å². The van der Waals surface area contributed by atoms with Gasteiger partial charge in [-0.25, -0.2) is 0 Å². The van der Waals surface area contributed by atoms with Crippen LogP contribution in [0.15, 0.2) is 36.8 Å². The number of pyridine rings is 2. The topological polar surface area (TPSA) is 37.8 Å². The summed E-state index contributed by atoms with van der Waals surface area (Å²) in [5.41, 5.74) is 4.81. The lowest BCUT2D eigenvalue weighted by Gasteiger charge is -2.14. The zero-order valence-electron chi connectivity index (χ0n) is 9.85. The molecular formula is C14H15N3. The molecule has 0 spiro atoms. The van der Waals surface area contributed by atoms with Crippen molar-refractivity contribution in [3.05, 3.63) is 53.6 Å².